The number of hydrogen-bond acceptors (Lipinski definition) is 7. The molecule has 0 saturated heterocycles. The van der Waals surface area contributed by atoms with Gasteiger partial charge in [-0.3, -0.25) is 4.68 Å². The van der Waals surface area contributed by atoms with Crippen LogP contribution < -0.4 is 5.32 Å². The Morgan fingerprint density at radius 1 is 1.35 bits per heavy atom. The molecule has 0 radical (unpaired) electrons. The fourth-order valence-corrected chi connectivity index (χ4v) is 3.33. The van der Waals surface area contributed by atoms with Gasteiger partial charge in [-0.25, -0.2) is 4.68 Å². The van der Waals surface area contributed by atoms with Crippen molar-refractivity contribution in [3.63, 3.8) is 0 Å². The van der Waals surface area contributed by atoms with Crippen molar-refractivity contribution in [2.75, 3.05) is 13.2 Å². The van der Waals surface area contributed by atoms with Gasteiger partial charge in [0.15, 0.2) is 0 Å². The molecule has 4 heterocycles. The number of fused-ring (bicyclic) bond motifs is 1. The number of nitrogens with one attached hydrogen (secondary N) is 1. The molecular formula is C17H23N7O2. The second-order valence-corrected chi connectivity index (χ2v) is 6.72. The number of aromatic nitrogens is 6. The maximum Gasteiger partial charge on any atom is 0.138 e. The van der Waals surface area contributed by atoms with Crippen molar-refractivity contribution in [1.29, 1.82) is 0 Å². The molecule has 1 aliphatic rings. The molecule has 9 nitrogen and oxygen atoms in total. The zero-order valence-corrected chi connectivity index (χ0v) is 15.3. The van der Waals surface area contributed by atoms with E-state index in [4.69, 9.17) is 9.26 Å². The first kappa shape index (κ1) is 16.9. The van der Waals surface area contributed by atoms with Crippen molar-refractivity contribution in [3.8, 4) is 11.4 Å². The van der Waals surface area contributed by atoms with Gasteiger partial charge in [0.2, 0.25) is 0 Å². The number of rotatable bonds is 5. The lowest BCUT2D eigenvalue weighted by atomic mass is 10.1. The molecule has 0 fully saturated rings. The number of hydrogen-bond donors (Lipinski definition) is 1. The fourth-order valence-electron chi connectivity index (χ4n) is 3.33. The van der Waals surface area contributed by atoms with Gasteiger partial charge in [-0.15, -0.1) is 5.10 Å². The molecule has 0 spiro atoms. The summed E-state index contributed by atoms with van der Waals surface area (Å²) in [6, 6.07) is 1.94. The molecule has 0 saturated carbocycles. The minimum absolute atomic E-state index is 0.317. The first-order valence-electron chi connectivity index (χ1n) is 8.74. The highest BCUT2D eigenvalue weighted by Crippen LogP contribution is 2.24. The van der Waals surface area contributed by atoms with Crippen molar-refractivity contribution < 1.29 is 9.26 Å². The molecule has 3 aromatic rings. The lowest BCUT2D eigenvalue weighted by molar-refractivity contribution is 0.0941. The van der Waals surface area contributed by atoms with Crippen molar-refractivity contribution in [3.05, 3.63) is 35.0 Å². The summed E-state index contributed by atoms with van der Waals surface area (Å²) in [4.78, 5) is 0. The summed E-state index contributed by atoms with van der Waals surface area (Å²) in [6.45, 7) is 7.43. The van der Waals surface area contributed by atoms with Crippen molar-refractivity contribution in [2.24, 2.45) is 13.0 Å². The van der Waals surface area contributed by atoms with E-state index in [1.807, 2.05) is 31.6 Å². The van der Waals surface area contributed by atoms with Crippen LogP contribution in [0.1, 0.15) is 22.7 Å². The summed E-state index contributed by atoms with van der Waals surface area (Å²) in [5, 5.41) is 20.4. The largest absolute Gasteiger partial charge is 0.375 e. The maximum atomic E-state index is 5.90. The fraction of sp³-hybridized carbons (Fsp3) is 0.529. The summed E-state index contributed by atoms with van der Waals surface area (Å²) in [5.74, 6) is 1.18. The van der Waals surface area contributed by atoms with Gasteiger partial charge >= 0.3 is 0 Å². The van der Waals surface area contributed by atoms with Gasteiger partial charge in [-0.2, -0.15) is 5.10 Å². The maximum absolute atomic E-state index is 5.90. The molecule has 9 heteroatoms. The second kappa shape index (κ2) is 7.00. The van der Waals surface area contributed by atoms with Gasteiger partial charge in [0.25, 0.3) is 0 Å². The van der Waals surface area contributed by atoms with Crippen LogP contribution in [0.4, 0.5) is 0 Å². The standard InChI is InChI=1S/C17H23N7O2/c1-11-14(12(2)26-21-11)7-18-6-13-8-24-16(10-25-9-13)17(20-22-24)15-4-5-19-23(15)3/h4-5,13,18H,6-10H2,1-3H3. The van der Waals surface area contributed by atoms with Crippen molar-refractivity contribution in [1.82, 2.24) is 35.2 Å². The van der Waals surface area contributed by atoms with Crippen LogP contribution in [0, 0.1) is 19.8 Å². The summed E-state index contributed by atoms with van der Waals surface area (Å²) in [5.41, 5.74) is 4.85. The van der Waals surface area contributed by atoms with Crippen LogP contribution in [-0.4, -0.2) is 43.1 Å². The van der Waals surface area contributed by atoms with E-state index in [2.05, 4.69) is 25.9 Å². The van der Waals surface area contributed by atoms with Gasteiger partial charge in [-0.05, 0) is 19.9 Å². The Labute approximate surface area is 151 Å². The second-order valence-electron chi connectivity index (χ2n) is 6.72. The quantitative estimate of drug-likeness (QED) is 0.733. The van der Waals surface area contributed by atoms with Gasteiger partial charge < -0.3 is 14.6 Å². The van der Waals surface area contributed by atoms with Gasteiger partial charge in [0.05, 0.1) is 30.3 Å². The highest BCUT2D eigenvalue weighted by Gasteiger charge is 2.23. The zero-order valence-electron chi connectivity index (χ0n) is 15.3. The SMILES string of the molecule is Cc1noc(C)c1CNCC1COCc2c(-c3ccnn3C)nnn2C1. The Kier molecular flexibility index (Phi) is 4.56. The molecule has 1 N–H and O–H groups in total. The van der Waals surface area contributed by atoms with Crippen LogP contribution in [0.2, 0.25) is 0 Å². The topological polar surface area (TPSA) is 95.8 Å². The molecule has 1 unspecified atom stereocenters. The predicted octanol–water partition coefficient (Wildman–Crippen LogP) is 1.22. The molecule has 138 valence electrons. The monoisotopic (exact) mass is 357 g/mol. The summed E-state index contributed by atoms with van der Waals surface area (Å²) >= 11 is 0. The molecule has 4 rings (SSSR count). The van der Waals surface area contributed by atoms with Crippen LogP contribution >= 0.6 is 0 Å². The van der Waals surface area contributed by atoms with E-state index >= 15 is 0 Å². The lowest BCUT2D eigenvalue weighted by Gasteiger charge is -2.14. The van der Waals surface area contributed by atoms with Crippen molar-refractivity contribution >= 4 is 0 Å². The minimum atomic E-state index is 0.317. The van der Waals surface area contributed by atoms with Crippen LogP contribution in [0.3, 0.4) is 0 Å². The Morgan fingerprint density at radius 3 is 2.96 bits per heavy atom. The first-order valence-corrected chi connectivity index (χ1v) is 8.74. The van der Waals surface area contributed by atoms with Gasteiger partial charge in [-0.1, -0.05) is 10.4 Å². The van der Waals surface area contributed by atoms with E-state index in [9.17, 15) is 0 Å². The number of aryl methyl sites for hydroxylation is 3. The summed E-state index contributed by atoms with van der Waals surface area (Å²) in [6.07, 6.45) is 1.76. The van der Waals surface area contributed by atoms with Crippen LogP contribution in [0.15, 0.2) is 16.8 Å². The number of ether oxygens (including phenoxy) is 1. The molecule has 3 aromatic heterocycles. The molecule has 1 atom stereocenters. The Hall–Kier alpha value is -2.52. The Balaban J connectivity index is 1.42. The smallest absolute Gasteiger partial charge is 0.138 e. The average molecular weight is 357 g/mol. The van der Waals surface area contributed by atoms with E-state index in [1.54, 1.807) is 10.9 Å². The van der Waals surface area contributed by atoms with Crippen LogP contribution in [0.5, 0.6) is 0 Å². The molecule has 0 amide bonds. The molecule has 0 bridgehead atoms. The normalized spacial score (nSPS) is 17.3. The molecule has 0 aromatic carbocycles. The first-order chi connectivity index (χ1) is 12.6. The summed E-state index contributed by atoms with van der Waals surface area (Å²) < 4.78 is 14.9. The third-order valence-corrected chi connectivity index (χ3v) is 4.84. The summed E-state index contributed by atoms with van der Waals surface area (Å²) in [7, 11) is 1.90. The van der Waals surface area contributed by atoms with E-state index in [-0.39, 0.29) is 0 Å². The van der Waals surface area contributed by atoms with E-state index < -0.39 is 0 Å². The molecular weight excluding hydrogens is 334 g/mol. The highest BCUT2D eigenvalue weighted by atomic mass is 16.5. The van der Waals surface area contributed by atoms with E-state index in [1.165, 1.54) is 0 Å². The van der Waals surface area contributed by atoms with Gasteiger partial charge in [0, 0.05) is 44.4 Å². The molecule has 26 heavy (non-hydrogen) atoms. The highest BCUT2D eigenvalue weighted by molar-refractivity contribution is 5.56. The van der Waals surface area contributed by atoms with E-state index in [0.29, 0.717) is 19.1 Å². The van der Waals surface area contributed by atoms with E-state index in [0.717, 1.165) is 53.7 Å². The lowest BCUT2D eigenvalue weighted by Crippen LogP contribution is -2.28. The Morgan fingerprint density at radius 2 is 2.23 bits per heavy atom. The third kappa shape index (κ3) is 3.15. The predicted molar refractivity (Wildman–Crippen MR) is 93.1 cm³/mol. The average Bonchev–Trinajstić information content (AvgIpc) is 3.25. The zero-order chi connectivity index (χ0) is 18.1. The number of nitrogens with zero attached hydrogens (tertiary/aromatic N) is 6. The molecule has 0 aliphatic carbocycles. The minimum Gasteiger partial charge on any atom is -0.375 e. The van der Waals surface area contributed by atoms with Crippen LogP contribution in [-0.2, 0) is 31.5 Å². The Bertz CT molecular complexity index is 875. The third-order valence-electron chi connectivity index (χ3n) is 4.84. The molecule has 1 aliphatic heterocycles. The van der Waals surface area contributed by atoms with Crippen molar-refractivity contribution in [2.45, 2.75) is 33.5 Å². The van der Waals surface area contributed by atoms with Crippen LogP contribution in [0.25, 0.3) is 11.4 Å². The van der Waals surface area contributed by atoms with Gasteiger partial charge in [0.1, 0.15) is 11.5 Å².